The first-order valence-electron chi connectivity index (χ1n) is 4.98. The van der Waals surface area contributed by atoms with Crippen LogP contribution in [0.3, 0.4) is 0 Å². The highest BCUT2D eigenvalue weighted by Gasteiger charge is 2.12. The van der Waals surface area contributed by atoms with Crippen LogP contribution in [0.4, 0.5) is 0 Å². The Morgan fingerprint density at radius 3 is 2.94 bits per heavy atom. The lowest BCUT2D eigenvalue weighted by Crippen LogP contribution is -2.02. The van der Waals surface area contributed by atoms with Crippen molar-refractivity contribution in [3.63, 3.8) is 0 Å². The van der Waals surface area contributed by atoms with Gasteiger partial charge < -0.3 is 5.11 Å². The number of thiazole rings is 1. The Hall–Kier alpha value is -0.710. The number of aliphatic hydroxyl groups is 1. The molecule has 1 heterocycles. The summed E-state index contributed by atoms with van der Waals surface area (Å²) in [6.07, 6.45) is 1.99. The van der Waals surface area contributed by atoms with Crippen LogP contribution < -0.4 is 0 Å². The van der Waals surface area contributed by atoms with Gasteiger partial charge in [-0.2, -0.15) is 0 Å². The average molecular weight is 298 g/mol. The maximum atomic E-state index is 10.1. The van der Waals surface area contributed by atoms with Crippen LogP contribution in [0.25, 0.3) is 0 Å². The molecule has 1 unspecified atom stereocenters. The normalized spacial score (nSPS) is 12.7. The van der Waals surface area contributed by atoms with Gasteiger partial charge in [0.25, 0.3) is 0 Å². The molecule has 2 aromatic rings. The summed E-state index contributed by atoms with van der Waals surface area (Å²) in [5, 5.41) is 10.1. The van der Waals surface area contributed by atoms with Gasteiger partial charge >= 0.3 is 0 Å². The number of hydrogen-bond acceptors (Lipinski definition) is 3. The zero-order valence-electron chi connectivity index (χ0n) is 8.85. The molecular weight excluding hydrogens is 286 g/mol. The highest BCUT2D eigenvalue weighted by molar-refractivity contribution is 9.10. The smallest absolute Gasteiger partial charge is 0.0841 e. The van der Waals surface area contributed by atoms with Crippen LogP contribution in [-0.4, -0.2) is 10.1 Å². The Balaban J connectivity index is 2.17. The van der Waals surface area contributed by atoms with E-state index >= 15 is 0 Å². The quantitative estimate of drug-likeness (QED) is 0.941. The van der Waals surface area contributed by atoms with Crippen LogP contribution in [0.1, 0.15) is 22.1 Å². The summed E-state index contributed by atoms with van der Waals surface area (Å²) in [5.74, 6) is 0. The minimum Gasteiger partial charge on any atom is -0.388 e. The lowest BCUT2D eigenvalue weighted by Gasteiger charge is -2.12. The minimum absolute atomic E-state index is 0.450. The third-order valence-corrected chi connectivity index (χ3v) is 3.76. The molecular formula is C12H12BrNOS. The number of hydrogen-bond donors (Lipinski definition) is 1. The van der Waals surface area contributed by atoms with Gasteiger partial charge in [-0.1, -0.05) is 22.0 Å². The Morgan fingerprint density at radius 2 is 2.31 bits per heavy atom. The number of aromatic nitrogens is 1. The summed E-state index contributed by atoms with van der Waals surface area (Å²) in [6.45, 7) is 2.01. The van der Waals surface area contributed by atoms with E-state index in [0.29, 0.717) is 6.42 Å². The van der Waals surface area contributed by atoms with Crippen LogP contribution in [0.2, 0.25) is 0 Å². The Kier molecular flexibility index (Phi) is 3.74. The van der Waals surface area contributed by atoms with Gasteiger partial charge in [-0.25, -0.2) is 0 Å². The van der Waals surface area contributed by atoms with E-state index in [2.05, 4.69) is 20.9 Å². The Morgan fingerprint density at radius 1 is 1.50 bits per heavy atom. The number of aryl methyl sites for hydroxylation is 1. The van der Waals surface area contributed by atoms with Gasteiger partial charge in [0.05, 0.1) is 11.6 Å². The number of rotatable bonds is 3. The van der Waals surface area contributed by atoms with Crippen LogP contribution >= 0.6 is 27.3 Å². The van der Waals surface area contributed by atoms with Gasteiger partial charge in [0, 0.05) is 22.0 Å². The van der Waals surface area contributed by atoms with E-state index in [1.807, 2.05) is 31.3 Å². The topological polar surface area (TPSA) is 33.1 Å². The van der Waals surface area contributed by atoms with Gasteiger partial charge in [-0.15, -0.1) is 11.3 Å². The molecule has 0 radical (unpaired) electrons. The van der Waals surface area contributed by atoms with Gasteiger partial charge in [0.15, 0.2) is 0 Å². The van der Waals surface area contributed by atoms with E-state index in [0.717, 1.165) is 20.5 Å². The molecule has 2 nitrogen and oxygen atoms in total. The van der Waals surface area contributed by atoms with Gasteiger partial charge in [-0.3, -0.25) is 4.98 Å². The van der Waals surface area contributed by atoms with Crippen LogP contribution in [0.5, 0.6) is 0 Å². The zero-order chi connectivity index (χ0) is 11.5. The van der Waals surface area contributed by atoms with Gasteiger partial charge in [-0.05, 0) is 30.2 Å². The summed E-state index contributed by atoms with van der Waals surface area (Å²) in [7, 11) is 0. The minimum atomic E-state index is -0.450. The lowest BCUT2D eigenvalue weighted by atomic mass is 10.0. The molecule has 84 valence electrons. The fourth-order valence-corrected chi connectivity index (χ4v) is 2.76. The predicted molar refractivity (Wildman–Crippen MR) is 69.7 cm³/mol. The monoisotopic (exact) mass is 297 g/mol. The fraction of sp³-hybridized carbons (Fsp3) is 0.250. The summed E-state index contributed by atoms with van der Waals surface area (Å²) in [5.41, 5.74) is 3.87. The van der Waals surface area contributed by atoms with Gasteiger partial charge in [0.2, 0.25) is 0 Å². The average Bonchev–Trinajstić information content (AvgIpc) is 2.70. The van der Waals surface area contributed by atoms with E-state index in [1.165, 1.54) is 0 Å². The Bertz CT molecular complexity index is 470. The van der Waals surface area contributed by atoms with Crippen LogP contribution in [0, 0.1) is 6.92 Å². The standard InChI is InChI=1S/C12H12BrNOS/c1-8-4-9(13)2-3-11(8)12(15)5-10-6-14-7-16-10/h2-4,6-7,12,15H,5H2,1H3. The summed E-state index contributed by atoms with van der Waals surface area (Å²) in [6, 6.07) is 5.94. The Labute approximate surface area is 107 Å². The molecule has 1 aromatic heterocycles. The third kappa shape index (κ3) is 2.70. The first kappa shape index (κ1) is 11.8. The lowest BCUT2D eigenvalue weighted by molar-refractivity contribution is 0.178. The molecule has 1 N–H and O–H groups in total. The number of aliphatic hydroxyl groups excluding tert-OH is 1. The van der Waals surface area contributed by atoms with E-state index in [1.54, 1.807) is 16.8 Å². The van der Waals surface area contributed by atoms with E-state index in [4.69, 9.17) is 0 Å². The van der Waals surface area contributed by atoms with E-state index in [9.17, 15) is 5.11 Å². The molecule has 0 aliphatic carbocycles. The number of nitrogens with zero attached hydrogens (tertiary/aromatic N) is 1. The second-order valence-corrected chi connectivity index (χ2v) is 5.58. The van der Waals surface area contributed by atoms with Crippen LogP contribution in [-0.2, 0) is 6.42 Å². The van der Waals surface area contributed by atoms with Crippen molar-refractivity contribution in [2.75, 3.05) is 0 Å². The largest absolute Gasteiger partial charge is 0.388 e. The predicted octanol–water partition coefficient (Wildman–Crippen LogP) is 3.49. The maximum absolute atomic E-state index is 10.1. The molecule has 16 heavy (non-hydrogen) atoms. The molecule has 0 aliphatic rings. The van der Waals surface area contributed by atoms with Crippen molar-refractivity contribution in [2.24, 2.45) is 0 Å². The second kappa shape index (κ2) is 5.08. The number of halogens is 1. The van der Waals surface area contributed by atoms with Crippen molar-refractivity contribution in [3.8, 4) is 0 Å². The van der Waals surface area contributed by atoms with Crippen molar-refractivity contribution >= 4 is 27.3 Å². The van der Waals surface area contributed by atoms with E-state index < -0.39 is 6.10 Å². The highest BCUT2D eigenvalue weighted by atomic mass is 79.9. The van der Waals surface area contributed by atoms with Gasteiger partial charge in [0.1, 0.15) is 0 Å². The molecule has 2 rings (SSSR count). The maximum Gasteiger partial charge on any atom is 0.0841 e. The van der Waals surface area contributed by atoms with Crippen molar-refractivity contribution in [1.29, 1.82) is 0 Å². The molecule has 0 fully saturated rings. The molecule has 0 spiro atoms. The molecule has 0 saturated carbocycles. The van der Waals surface area contributed by atoms with Crippen molar-refractivity contribution in [2.45, 2.75) is 19.4 Å². The first-order valence-corrected chi connectivity index (χ1v) is 6.65. The second-order valence-electron chi connectivity index (χ2n) is 3.69. The molecule has 1 atom stereocenters. The molecule has 0 amide bonds. The zero-order valence-corrected chi connectivity index (χ0v) is 11.3. The van der Waals surface area contributed by atoms with E-state index in [-0.39, 0.29) is 0 Å². The van der Waals surface area contributed by atoms with Crippen molar-refractivity contribution in [1.82, 2.24) is 4.98 Å². The summed E-state index contributed by atoms with van der Waals surface area (Å²) in [4.78, 5) is 5.11. The molecule has 0 aliphatic heterocycles. The summed E-state index contributed by atoms with van der Waals surface area (Å²) < 4.78 is 1.04. The van der Waals surface area contributed by atoms with Crippen LogP contribution in [0.15, 0.2) is 34.4 Å². The molecule has 0 bridgehead atoms. The molecule has 0 saturated heterocycles. The van der Waals surface area contributed by atoms with Crippen molar-refractivity contribution < 1.29 is 5.11 Å². The molecule has 4 heteroatoms. The third-order valence-electron chi connectivity index (χ3n) is 2.47. The SMILES string of the molecule is Cc1cc(Br)ccc1C(O)Cc1cncs1. The number of benzene rings is 1. The fourth-order valence-electron chi connectivity index (χ4n) is 1.66. The highest BCUT2D eigenvalue weighted by Crippen LogP contribution is 2.25. The van der Waals surface area contributed by atoms with Crippen molar-refractivity contribution in [3.05, 3.63) is 50.4 Å². The molecule has 1 aromatic carbocycles. The summed E-state index contributed by atoms with van der Waals surface area (Å²) >= 11 is 4.99. The first-order chi connectivity index (χ1) is 7.66.